The molecular weight excluding hydrogens is 771 g/mol. The molecule has 0 unspecified atom stereocenters. The van der Waals surface area contributed by atoms with E-state index >= 15 is 0 Å². The molecule has 1 aromatic rings. The van der Waals surface area contributed by atoms with Gasteiger partial charge in [-0.1, -0.05) is 108 Å². The van der Waals surface area contributed by atoms with E-state index < -0.39 is 59.0 Å². The van der Waals surface area contributed by atoms with E-state index in [-0.39, 0.29) is 5.92 Å². The van der Waals surface area contributed by atoms with Crippen LogP contribution in [0.5, 0.6) is 0 Å². The number of ketones is 1. The topological polar surface area (TPSA) is 17.1 Å². The minimum absolute atomic E-state index is 0.207. The maximum absolute atomic E-state index is 14.6. The summed E-state index contributed by atoms with van der Waals surface area (Å²) in [4.78, 5) is 12.2. The Morgan fingerprint density at radius 1 is 0.481 bits per heavy atom. The second-order valence-corrected chi connectivity index (χ2v) is 14.9. The van der Waals surface area contributed by atoms with Crippen molar-refractivity contribution < 1.29 is 79.4 Å². The highest BCUT2D eigenvalue weighted by molar-refractivity contribution is 6.02. The Morgan fingerprint density at radius 2 is 0.852 bits per heavy atom. The number of alkyl halides is 17. The zero-order valence-corrected chi connectivity index (χ0v) is 29.3. The van der Waals surface area contributed by atoms with Gasteiger partial charge in [-0.25, -0.2) is 0 Å². The van der Waals surface area contributed by atoms with Gasteiger partial charge in [-0.3, -0.25) is 4.79 Å². The molecule has 0 heterocycles. The van der Waals surface area contributed by atoms with Crippen LogP contribution in [0.3, 0.4) is 0 Å². The molecule has 2 fully saturated rings. The minimum atomic E-state index is -8.74. The van der Waals surface area contributed by atoms with Crippen molar-refractivity contribution in [2.45, 2.75) is 163 Å². The molecule has 0 atom stereocenters. The Balaban J connectivity index is 1.61. The average molecular weight is 815 g/mol. The largest absolute Gasteiger partial charge is 0.460 e. The second-order valence-electron chi connectivity index (χ2n) is 14.9. The van der Waals surface area contributed by atoms with Crippen LogP contribution in [0.4, 0.5) is 74.6 Å². The third-order valence-corrected chi connectivity index (χ3v) is 11.2. The van der Waals surface area contributed by atoms with Crippen molar-refractivity contribution >= 4 is 5.78 Å². The molecule has 0 saturated heterocycles. The Kier molecular flexibility index (Phi) is 14.2. The molecule has 0 aliphatic heterocycles. The number of rotatable bonds is 18. The lowest BCUT2D eigenvalue weighted by Crippen LogP contribution is -2.75. The molecular formula is C36H43F17O. The molecule has 0 spiro atoms. The van der Waals surface area contributed by atoms with Gasteiger partial charge in [0.15, 0.2) is 0 Å². The SMILES string of the molecule is CCCCCCCC1CCC(CCC2CCC(c3ccc(C(=O)C(F)(F)C(F)(F)C(F)(F)C(F)(F)C(F)(F)C(F)(F)C(F)(F)C(F)(F)F)cc3)CC2)CC1. The molecule has 18 heteroatoms. The van der Waals surface area contributed by atoms with Crippen LogP contribution in [0, 0.1) is 17.8 Å². The summed E-state index contributed by atoms with van der Waals surface area (Å²) in [5, 5.41) is 0. The molecule has 2 aliphatic rings. The summed E-state index contributed by atoms with van der Waals surface area (Å²) in [5.74, 6) is -59.7. The van der Waals surface area contributed by atoms with Gasteiger partial charge < -0.3 is 0 Å². The van der Waals surface area contributed by atoms with E-state index in [9.17, 15) is 79.4 Å². The van der Waals surface area contributed by atoms with E-state index in [2.05, 4.69) is 6.92 Å². The van der Waals surface area contributed by atoms with Gasteiger partial charge >= 0.3 is 47.6 Å². The molecule has 0 bridgehead atoms. The highest BCUT2D eigenvalue weighted by Gasteiger charge is 2.95. The maximum Gasteiger partial charge on any atom is 0.460 e. The maximum atomic E-state index is 14.6. The smallest absolute Gasteiger partial charge is 0.287 e. The van der Waals surface area contributed by atoms with Crippen LogP contribution in [0.2, 0.25) is 0 Å². The van der Waals surface area contributed by atoms with E-state index in [1.807, 2.05) is 0 Å². The molecule has 2 aliphatic carbocycles. The van der Waals surface area contributed by atoms with Crippen molar-refractivity contribution in [2.75, 3.05) is 0 Å². The van der Waals surface area contributed by atoms with Crippen LogP contribution in [0.15, 0.2) is 24.3 Å². The van der Waals surface area contributed by atoms with Gasteiger partial charge in [-0.05, 0) is 54.9 Å². The molecule has 54 heavy (non-hydrogen) atoms. The first-order valence-corrected chi connectivity index (χ1v) is 18.0. The number of carbonyl (C=O) groups excluding carboxylic acids is 1. The quantitative estimate of drug-likeness (QED) is 0.0820. The lowest BCUT2D eigenvalue weighted by atomic mass is 9.74. The van der Waals surface area contributed by atoms with Crippen LogP contribution in [-0.4, -0.2) is 53.4 Å². The summed E-state index contributed by atoms with van der Waals surface area (Å²) in [7, 11) is 0. The van der Waals surface area contributed by atoms with E-state index in [1.54, 1.807) is 0 Å². The average Bonchev–Trinajstić information content (AvgIpc) is 3.10. The normalized spacial score (nSPS) is 23.1. The van der Waals surface area contributed by atoms with E-state index in [1.165, 1.54) is 64.2 Å². The van der Waals surface area contributed by atoms with E-state index in [0.29, 0.717) is 42.4 Å². The zero-order chi connectivity index (χ0) is 41.2. The summed E-state index contributed by atoms with van der Waals surface area (Å²) >= 11 is 0. The lowest BCUT2D eigenvalue weighted by Gasteiger charge is -2.42. The first-order chi connectivity index (χ1) is 24.6. The first kappa shape index (κ1) is 46.1. The summed E-state index contributed by atoms with van der Waals surface area (Å²) < 4.78 is 232. The van der Waals surface area contributed by atoms with Gasteiger partial charge in [0.2, 0.25) is 5.78 Å². The lowest BCUT2D eigenvalue weighted by molar-refractivity contribution is -0.459. The van der Waals surface area contributed by atoms with Gasteiger partial charge in [0.25, 0.3) is 0 Å². The molecule has 0 N–H and O–H groups in total. The van der Waals surface area contributed by atoms with Crippen molar-refractivity contribution in [2.24, 2.45) is 17.8 Å². The molecule has 0 amide bonds. The van der Waals surface area contributed by atoms with Crippen LogP contribution >= 0.6 is 0 Å². The van der Waals surface area contributed by atoms with Crippen LogP contribution < -0.4 is 0 Å². The third kappa shape index (κ3) is 8.66. The third-order valence-electron chi connectivity index (χ3n) is 11.2. The van der Waals surface area contributed by atoms with E-state index in [4.69, 9.17) is 0 Å². The van der Waals surface area contributed by atoms with Gasteiger partial charge in [-0.2, -0.15) is 74.6 Å². The van der Waals surface area contributed by atoms with Crippen LogP contribution in [0.25, 0.3) is 0 Å². The van der Waals surface area contributed by atoms with E-state index in [0.717, 1.165) is 43.7 Å². The van der Waals surface area contributed by atoms with Gasteiger partial charge in [0, 0.05) is 5.56 Å². The second kappa shape index (κ2) is 16.7. The van der Waals surface area contributed by atoms with Gasteiger partial charge in [0.05, 0.1) is 0 Å². The fraction of sp³-hybridized carbons (Fsp3) is 0.806. The fourth-order valence-electron chi connectivity index (χ4n) is 7.50. The highest BCUT2D eigenvalue weighted by Crippen LogP contribution is 2.64. The van der Waals surface area contributed by atoms with Crippen LogP contribution in [0.1, 0.15) is 131 Å². The van der Waals surface area contributed by atoms with Crippen molar-refractivity contribution in [1.29, 1.82) is 0 Å². The first-order valence-electron chi connectivity index (χ1n) is 18.0. The van der Waals surface area contributed by atoms with Gasteiger partial charge in [0.1, 0.15) is 0 Å². The van der Waals surface area contributed by atoms with Crippen molar-refractivity contribution in [3.05, 3.63) is 35.4 Å². The van der Waals surface area contributed by atoms with Crippen molar-refractivity contribution in [1.82, 2.24) is 0 Å². The Labute approximate surface area is 301 Å². The van der Waals surface area contributed by atoms with Crippen LogP contribution in [-0.2, 0) is 0 Å². The van der Waals surface area contributed by atoms with Crippen molar-refractivity contribution in [3.8, 4) is 0 Å². The number of hydrogen-bond acceptors (Lipinski definition) is 1. The van der Waals surface area contributed by atoms with Crippen molar-refractivity contribution in [3.63, 3.8) is 0 Å². The number of halogens is 17. The summed E-state index contributed by atoms with van der Waals surface area (Å²) in [6.45, 7) is 2.18. The standard InChI is InChI=1S/C36H43F17O/c1-2-3-4-5-6-7-22-8-10-23(11-9-22)12-13-24-14-16-25(17-15-24)26-18-20-27(21-19-26)28(54)29(37,38)30(39,40)31(41,42)32(43,44)33(45,46)34(47,48)35(49,50)36(51,52)53/h18-25H,2-17H2,1H3. The fourth-order valence-corrected chi connectivity index (χ4v) is 7.50. The molecule has 0 radical (unpaired) electrons. The Bertz CT molecular complexity index is 1350. The molecule has 0 aromatic heterocycles. The summed E-state index contributed by atoms with van der Waals surface area (Å²) in [6.07, 6.45) is 9.42. The molecule has 3 rings (SSSR count). The number of benzene rings is 1. The number of unbranched alkanes of at least 4 members (excludes halogenated alkanes) is 4. The Hall–Kier alpha value is -2.30. The predicted molar refractivity (Wildman–Crippen MR) is 164 cm³/mol. The predicted octanol–water partition coefficient (Wildman–Crippen LogP) is 14.1. The number of Topliss-reactive ketones (excluding diaryl/α,β-unsaturated/α-hetero) is 1. The number of hydrogen-bond donors (Lipinski definition) is 0. The molecule has 1 aromatic carbocycles. The monoisotopic (exact) mass is 814 g/mol. The summed E-state index contributed by atoms with van der Waals surface area (Å²) in [6, 6.07) is 2.82. The number of carbonyl (C=O) groups is 1. The zero-order valence-electron chi connectivity index (χ0n) is 29.3. The highest BCUT2D eigenvalue weighted by atomic mass is 19.4. The summed E-state index contributed by atoms with van der Waals surface area (Å²) in [5.41, 5.74) is -1.14. The molecule has 1 nitrogen and oxygen atoms in total. The minimum Gasteiger partial charge on any atom is -0.287 e. The molecule has 2 saturated carbocycles. The van der Waals surface area contributed by atoms with Gasteiger partial charge in [-0.15, -0.1) is 0 Å². The molecule has 312 valence electrons. The Morgan fingerprint density at radius 3 is 1.28 bits per heavy atom.